The van der Waals surface area contributed by atoms with E-state index < -0.39 is 5.82 Å². The lowest BCUT2D eigenvalue weighted by Crippen LogP contribution is -2.35. The fourth-order valence-electron chi connectivity index (χ4n) is 4.02. The standard InChI is InChI=1S/C22H26FN5O/c1-22(2,14-28-9-5-6-10-28)12-18(29)25-21-19(23)20(26-27-21)16-11-15-7-3-4-8-17(15)24-13-16/h3-4,7-8,11,13H,5-6,9-10,12,14H2,1-2H3,(H2,25,26,27,29). The molecule has 0 unspecified atom stereocenters. The second-order valence-corrected chi connectivity index (χ2v) is 8.55. The van der Waals surface area contributed by atoms with Gasteiger partial charge in [0.1, 0.15) is 5.69 Å². The molecule has 4 rings (SSSR count). The first-order chi connectivity index (χ1) is 13.9. The molecule has 7 heteroatoms. The Bertz CT molecular complexity index is 1020. The molecule has 0 aliphatic carbocycles. The number of likely N-dealkylation sites (tertiary alicyclic amines) is 1. The SMILES string of the molecule is CC(C)(CC(=O)Nc1n[nH]c(-c2cnc3ccccc3c2)c1F)CN1CCCC1. The molecule has 1 fully saturated rings. The average Bonchev–Trinajstić information content (AvgIpc) is 3.30. The van der Waals surface area contributed by atoms with Crippen molar-refractivity contribution in [3.8, 4) is 11.3 Å². The predicted octanol–water partition coefficient (Wildman–Crippen LogP) is 4.21. The summed E-state index contributed by atoms with van der Waals surface area (Å²) >= 11 is 0. The third-order valence-electron chi connectivity index (χ3n) is 5.33. The second-order valence-electron chi connectivity index (χ2n) is 8.55. The van der Waals surface area contributed by atoms with Crippen LogP contribution in [0.5, 0.6) is 0 Å². The lowest BCUT2D eigenvalue weighted by molar-refractivity contribution is -0.118. The first kappa shape index (κ1) is 19.5. The molecule has 2 aromatic heterocycles. The van der Waals surface area contributed by atoms with Crippen LogP contribution < -0.4 is 5.32 Å². The summed E-state index contributed by atoms with van der Waals surface area (Å²) in [5.74, 6) is -0.884. The van der Waals surface area contributed by atoms with Gasteiger partial charge in [0.05, 0.1) is 5.52 Å². The highest BCUT2D eigenvalue weighted by Crippen LogP contribution is 2.28. The summed E-state index contributed by atoms with van der Waals surface area (Å²) in [6, 6.07) is 9.49. The molecule has 2 N–H and O–H groups in total. The molecule has 6 nitrogen and oxygen atoms in total. The molecule has 1 saturated heterocycles. The van der Waals surface area contributed by atoms with Crippen molar-refractivity contribution >= 4 is 22.6 Å². The summed E-state index contributed by atoms with van der Waals surface area (Å²) in [4.78, 5) is 19.3. The molecule has 152 valence electrons. The number of H-pyrrole nitrogens is 1. The molecule has 0 spiro atoms. The Kier molecular flexibility index (Phi) is 5.32. The Balaban J connectivity index is 1.45. The van der Waals surface area contributed by atoms with E-state index >= 15 is 0 Å². The minimum absolute atomic E-state index is 0.0740. The zero-order valence-electron chi connectivity index (χ0n) is 16.8. The van der Waals surface area contributed by atoms with Gasteiger partial charge in [-0.2, -0.15) is 5.10 Å². The number of fused-ring (bicyclic) bond motifs is 1. The van der Waals surface area contributed by atoms with Gasteiger partial charge in [0.25, 0.3) is 0 Å². The number of aromatic nitrogens is 3. The zero-order valence-corrected chi connectivity index (χ0v) is 16.8. The summed E-state index contributed by atoms with van der Waals surface area (Å²) in [6.45, 7) is 7.16. The third kappa shape index (κ3) is 4.45. The maximum Gasteiger partial charge on any atom is 0.226 e. The van der Waals surface area contributed by atoms with Gasteiger partial charge in [0.15, 0.2) is 11.6 Å². The summed E-state index contributed by atoms with van der Waals surface area (Å²) in [7, 11) is 0. The van der Waals surface area contributed by atoms with Crippen LogP contribution in [0.1, 0.15) is 33.1 Å². The Hall–Kier alpha value is -2.80. The van der Waals surface area contributed by atoms with Crippen molar-refractivity contribution in [3.63, 3.8) is 0 Å². The number of benzene rings is 1. The average molecular weight is 395 g/mol. The van der Waals surface area contributed by atoms with Crippen molar-refractivity contribution in [3.05, 3.63) is 42.3 Å². The van der Waals surface area contributed by atoms with Gasteiger partial charge >= 0.3 is 0 Å². The van der Waals surface area contributed by atoms with Gasteiger partial charge in [-0.1, -0.05) is 32.0 Å². The van der Waals surface area contributed by atoms with Gasteiger partial charge < -0.3 is 10.2 Å². The highest BCUT2D eigenvalue weighted by molar-refractivity contribution is 5.91. The molecule has 0 atom stereocenters. The number of aromatic amines is 1. The first-order valence-electron chi connectivity index (χ1n) is 10.0. The number of hydrogen-bond acceptors (Lipinski definition) is 4. The lowest BCUT2D eigenvalue weighted by Gasteiger charge is -2.29. The number of carbonyl (C=O) groups is 1. The maximum atomic E-state index is 14.9. The Labute approximate surface area is 169 Å². The van der Waals surface area contributed by atoms with Crippen LogP contribution >= 0.6 is 0 Å². The second kappa shape index (κ2) is 7.91. The van der Waals surface area contributed by atoms with Crippen LogP contribution in [0.25, 0.3) is 22.2 Å². The van der Waals surface area contributed by atoms with Gasteiger partial charge in [0.2, 0.25) is 5.91 Å². The number of pyridine rings is 1. The number of hydrogen-bond donors (Lipinski definition) is 2. The van der Waals surface area contributed by atoms with Gasteiger partial charge in [-0.15, -0.1) is 0 Å². The van der Waals surface area contributed by atoms with Gasteiger partial charge in [-0.3, -0.25) is 14.9 Å². The van der Waals surface area contributed by atoms with Crippen LogP contribution in [0.4, 0.5) is 10.2 Å². The molecule has 1 aliphatic rings. The number of nitrogens with one attached hydrogen (secondary N) is 2. The van der Waals surface area contributed by atoms with Crippen LogP contribution in [-0.2, 0) is 4.79 Å². The van der Waals surface area contributed by atoms with E-state index in [4.69, 9.17) is 0 Å². The lowest BCUT2D eigenvalue weighted by atomic mass is 9.88. The third-order valence-corrected chi connectivity index (χ3v) is 5.33. The Morgan fingerprint density at radius 2 is 2.03 bits per heavy atom. The fraction of sp³-hybridized carbons (Fsp3) is 0.409. The van der Waals surface area contributed by atoms with Crippen molar-refractivity contribution in [1.82, 2.24) is 20.1 Å². The highest BCUT2D eigenvalue weighted by Gasteiger charge is 2.27. The van der Waals surface area contributed by atoms with Gasteiger partial charge in [0, 0.05) is 30.1 Å². The van der Waals surface area contributed by atoms with Crippen LogP contribution in [0, 0.1) is 11.2 Å². The number of carbonyl (C=O) groups excluding carboxylic acids is 1. The van der Waals surface area contributed by atoms with Crippen LogP contribution in [-0.4, -0.2) is 45.6 Å². The van der Waals surface area contributed by atoms with E-state index in [-0.39, 0.29) is 22.8 Å². The van der Waals surface area contributed by atoms with E-state index in [9.17, 15) is 9.18 Å². The molecular formula is C22H26FN5O. The molecule has 1 aliphatic heterocycles. The van der Waals surface area contributed by atoms with Crippen LogP contribution in [0.3, 0.4) is 0 Å². The first-order valence-corrected chi connectivity index (χ1v) is 10.0. The molecule has 0 bridgehead atoms. The Morgan fingerprint density at radius 1 is 1.28 bits per heavy atom. The predicted molar refractivity (Wildman–Crippen MR) is 112 cm³/mol. The van der Waals surface area contributed by atoms with Crippen LogP contribution in [0.2, 0.25) is 0 Å². The number of halogens is 1. The van der Waals surface area contributed by atoms with E-state index in [2.05, 4.69) is 39.2 Å². The zero-order chi connectivity index (χ0) is 20.4. The van der Waals surface area contributed by atoms with Gasteiger partial charge in [-0.05, 0) is 43.5 Å². The quantitative estimate of drug-likeness (QED) is 0.656. The molecule has 1 amide bonds. The van der Waals surface area contributed by atoms with Crippen molar-refractivity contribution in [2.75, 3.05) is 25.0 Å². The number of nitrogens with zero attached hydrogens (tertiary/aromatic N) is 3. The molecule has 29 heavy (non-hydrogen) atoms. The van der Waals surface area contributed by atoms with E-state index in [0.717, 1.165) is 30.5 Å². The van der Waals surface area contributed by atoms with Crippen molar-refractivity contribution < 1.29 is 9.18 Å². The van der Waals surface area contributed by atoms with E-state index in [0.29, 0.717) is 12.0 Å². The van der Waals surface area contributed by atoms with E-state index in [1.807, 2.05) is 30.3 Å². The maximum absolute atomic E-state index is 14.9. The molecule has 1 aromatic carbocycles. The van der Waals surface area contributed by atoms with E-state index in [1.165, 1.54) is 12.8 Å². The van der Waals surface area contributed by atoms with E-state index in [1.54, 1.807) is 6.20 Å². The normalized spacial score (nSPS) is 15.1. The van der Waals surface area contributed by atoms with Gasteiger partial charge in [-0.25, -0.2) is 4.39 Å². The number of rotatable bonds is 6. The van der Waals surface area contributed by atoms with Crippen molar-refractivity contribution in [2.24, 2.45) is 5.41 Å². The molecule has 3 heterocycles. The molecule has 0 radical (unpaired) electrons. The largest absolute Gasteiger partial charge is 0.307 e. The summed E-state index contributed by atoms with van der Waals surface area (Å²) in [6.07, 6.45) is 4.34. The highest BCUT2D eigenvalue weighted by atomic mass is 19.1. The van der Waals surface area contributed by atoms with Crippen molar-refractivity contribution in [1.29, 1.82) is 0 Å². The minimum atomic E-state index is -0.576. The number of para-hydroxylation sites is 1. The summed E-state index contributed by atoms with van der Waals surface area (Å²) in [5.41, 5.74) is 1.45. The molecule has 3 aromatic rings. The molecule has 0 saturated carbocycles. The topological polar surface area (TPSA) is 73.9 Å². The minimum Gasteiger partial charge on any atom is -0.307 e. The molecular weight excluding hydrogens is 369 g/mol. The smallest absolute Gasteiger partial charge is 0.226 e. The summed E-state index contributed by atoms with van der Waals surface area (Å²) in [5, 5.41) is 10.2. The van der Waals surface area contributed by atoms with Crippen molar-refractivity contribution in [2.45, 2.75) is 33.1 Å². The summed E-state index contributed by atoms with van der Waals surface area (Å²) < 4.78 is 14.9. The number of amides is 1. The van der Waals surface area contributed by atoms with Crippen LogP contribution in [0.15, 0.2) is 36.5 Å². The monoisotopic (exact) mass is 395 g/mol. The Morgan fingerprint density at radius 3 is 2.83 bits per heavy atom. The fourth-order valence-corrected chi connectivity index (χ4v) is 4.02. The number of anilines is 1.